The minimum absolute atomic E-state index is 0.00736. The fraction of sp³-hybridized carbons (Fsp3) is 0.222. The fourth-order valence-corrected chi connectivity index (χ4v) is 2.67. The summed E-state index contributed by atoms with van der Waals surface area (Å²) in [5.74, 6) is 1.94. The van der Waals surface area contributed by atoms with Gasteiger partial charge in [0.1, 0.15) is 4.21 Å². The third kappa shape index (κ3) is 3.66. The zero-order valence-corrected chi connectivity index (χ0v) is 9.90. The van der Waals surface area contributed by atoms with Gasteiger partial charge in [0.2, 0.25) is 15.9 Å². The molecule has 0 unspecified atom stereocenters. The molecular weight excluding hydrogens is 248 g/mol. The van der Waals surface area contributed by atoms with Crippen molar-refractivity contribution >= 4 is 27.3 Å². The van der Waals surface area contributed by atoms with Crippen LogP contribution in [0, 0.1) is 12.3 Å². The van der Waals surface area contributed by atoms with Gasteiger partial charge in [0.25, 0.3) is 0 Å². The van der Waals surface area contributed by atoms with Crippen LogP contribution in [-0.4, -0.2) is 14.3 Å². The molecule has 0 fully saturated rings. The van der Waals surface area contributed by atoms with Gasteiger partial charge >= 0.3 is 0 Å². The number of thiophene rings is 1. The average Bonchev–Trinajstić information content (AvgIpc) is 2.63. The van der Waals surface area contributed by atoms with E-state index in [4.69, 9.17) is 11.6 Å². The number of nitrogens with two attached hydrogens (primary N) is 1. The van der Waals surface area contributed by atoms with Gasteiger partial charge in [-0.3, -0.25) is 4.79 Å². The van der Waals surface area contributed by atoms with Gasteiger partial charge in [0, 0.05) is 4.88 Å². The number of hydrogen-bond donors (Lipinski definition) is 2. The Bertz CT molecular complexity index is 525. The second-order valence-corrected chi connectivity index (χ2v) is 5.88. The average molecular weight is 258 g/mol. The summed E-state index contributed by atoms with van der Waals surface area (Å²) in [6.07, 6.45) is 4.96. The molecule has 5 nitrogen and oxygen atoms in total. The van der Waals surface area contributed by atoms with Crippen molar-refractivity contribution in [3.8, 4) is 12.3 Å². The van der Waals surface area contributed by atoms with Crippen LogP contribution < -0.4 is 10.5 Å². The number of hydrogen-bond acceptors (Lipinski definition) is 4. The van der Waals surface area contributed by atoms with Crippen molar-refractivity contribution in [2.75, 3.05) is 0 Å². The van der Waals surface area contributed by atoms with Gasteiger partial charge < -0.3 is 5.32 Å². The summed E-state index contributed by atoms with van der Waals surface area (Å²) >= 11 is 1.02. The van der Waals surface area contributed by atoms with E-state index >= 15 is 0 Å². The van der Waals surface area contributed by atoms with Gasteiger partial charge in [-0.25, -0.2) is 13.6 Å². The SMILES string of the molecule is C#CCC(=O)NCc1ccc(S(N)(=O)=O)s1. The number of primary sulfonamides is 1. The molecule has 16 heavy (non-hydrogen) atoms. The van der Waals surface area contributed by atoms with E-state index in [0.29, 0.717) is 4.88 Å². The van der Waals surface area contributed by atoms with Crippen LogP contribution in [-0.2, 0) is 21.4 Å². The van der Waals surface area contributed by atoms with Crippen LogP contribution in [0.4, 0.5) is 0 Å². The number of rotatable bonds is 4. The van der Waals surface area contributed by atoms with Gasteiger partial charge in [0.05, 0.1) is 13.0 Å². The number of amides is 1. The zero-order valence-electron chi connectivity index (χ0n) is 8.26. The molecule has 0 aliphatic heterocycles. The van der Waals surface area contributed by atoms with Crippen molar-refractivity contribution < 1.29 is 13.2 Å². The highest BCUT2D eigenvalue weighted by Gasteiger charge is 2.11. The van der Waals surface area contributed by atoms with E-state index in [1.807, 2.05) is 0 Å². The maximum atomic E-state index is 11.0. The van der Waals surface area contributed by atoms with Gasteiger partial charge in [-0.2, -0.15) is 0 Å². The second kappa shape index (κ2) is 5.12. The van der Waals surface area contributed by atoms with E-state index in [1.165, 1.54) is 6.07 Å². The second-order valence-electron chi connectivity index (χ2n) is 2.92. The maximum absolute atomic E-state index is 11.0. The monoisotopic (exact) mass is 258 g/mol. The Balaban J connectivity index is 2.61. The number of sulfonamides is 1. The van der Waals surface area contributed by atoms with Crippen LogP contribution in [0.1, 0.15) is 11.3 Å². The molecule has 0 bridgehead atoms. The quantitative estimate of drug-likeness (QED) is 0.747. The number of carbonyl (C=O) groups excluding carboxylic acids is 1. The van der Waals surface area contributed by atoms with Gasteiger partial charge in [-0.15, -0.1) is 17.8 Å². The molecule has 3 N–H and O–H groups in total. The minimum atomic E-state index is -3.66. The Kier molecular flexibility index (Phi) is 4.06. The molecule has 86 valence electrons. The van der Waals surface area contributed by atoms with E-state index < -0.39 is 10.0 Å². The first-order valence-corrected chi connectivity index (χ1v) is 6.61. The molecule has 0 aliphatic rings. The van der Waals surface area contributed by atoms with Crippen molar-refractivity contribution in [1.82, 2.24) is 5.32 Å². The Hall–Kier alpha value is -1.36. The van der Waals surface area contributed by atoms with Gasteiger partial charge in [-0.05, 0) is 12.1 Å². The van der Waals surface area contributed by atoms with Crippen LogP contribution in [0.25, 0.3) is 0 Å². The molecule has 0 aliphatic carbocycles. The van der Waals surface area contributed by atoms with Crippen molar-refractivity contribution in [3.63, 3.8) is 0 Å². The molecular formula is C9H10N2O3S2. The van der Waals surface area contributed by atoms with Crippen LogP contribution >= 0.6 is 11.3 Å². The van der Waals surface area contributed by atoms with E-state index in [9.17, 15) is 13.2 Å². The highest BCUT2D eigenvalue weighted by Crippen LogP contribution is 2.19. The normalized spacial score (nSPS) is 10.8. The predicted octanol–water partition coefficient (Wildman–Crippen LogP) is 0.0350. The lowest BCUT2D eigenvalue weighted by atomic mass is 10.4. The fourth-order valence-electron chi connectivity index (χ4n) is 0.947. The molecule has 0 saturated heterocycles. The summed E-state index contributed by atoms with van der Waals surface area (Å²) in [5, 5.41) is 7.50. The lowest BCUT2D eigenvalue weighted by Crippen LogP contribution is -2.21. The number of nitrogens with one attached hydrogen (secondary N) is 1. The summed E-state index contributed by atoms with van der Waals surface area (Å²) in [6.45, 7) is 0.251. The standard InChI is InChI=1S/C9H10N2O3S2/c1-2-3-8(12)11-6-7-4-5-9(15-7)16(10,13)14/h1,4-5H,3,6H2,(H,11,12)(H2,10,13,14). The zero-order chi connectivity index (χ0) is 12.2. The molecule has 0 aromatic carbocycles. The Labute approximate surface area is 97.7 Å². The van der Waals surface area contributed by atoms with Gasteiger partial charge in [-0.1, -0.05) is 5.92 Å². The van der Waals surface area contributed by atoms with E-state index in [2.05, 4.69) is 11.2 Å². The first-order chi connectivity index (χ1) is 7.43. The molecule has 1 aromatic heterocycles. The third-order valence-corrected chi connectivity index (χ3v) is 4.16. The van der Waals surface area contributed by atoms with Crippen LogP contribution in [0.2, 0.25) is 0 Å². The summed E-state index contributed by atoms with van der Waals surface area (Å²) in [7, 11) is -3.66. The molecule has 0 atom stereocenters. The van der Waals surface area contributed by atoms with Crippen LogP contribution in [0.15, 0.2) is 16.3 Å². The van der Waals surface area contributed by atoms with Crippen LogP contribution in [0.5, 0.6) is 0 Å². The van der Waals surface area contributed by atoms with Crippen molar-refractivity contribution in [2.24, 2.45) is 5.14 Å². The molecule has 0 spiro atoms. The first-order valence-electron chi connectivity index (χ1n) is 4.25. The van der Waals surface area contributed by atoms with Crippen molar-refractivity contribution in [1.29, 1.82) is 0 Å². The molecule has 7 heteroatoms. The maximum Gasteiger partial charge on any atom is 0.247 e. The summed E-state index contributed by atoms with van der Waals surface area (Å²) in [6, 6.07) is 3.00. The third-order valence-electron chi connectivity index (χ3n) is 1.64. The predicted molar refractivity (Wildman–Crippen MR) is 61.0 cm³/mol. The number of terminal acetylenes is 1. The smallest absolute Gasteiger partial charge is 0.247 e. The highest BCUT2D eigenvalue weighted by atomic mass is 32.2. The minimum Gasteiger partial charge on any atom is -0.350 e. The first kappa shape index (κ1) is 12.7. The number of carbonyl (C=O) groups is 1. The molecule has 0 radical (unpaired) electrons. The Morgan fingerprint density at radius 2 is 2.25 bits per heavy atom. The van der Waals surface area contributed by atoms with Gasteiger partial charge in [0.15, 0.2) is 0 Å². The highest BCUT2D eigenvalue weighted by molar-refractivity contribution is 7.91. The lowest BCUT2D eigenvalue weighted by molar-refractivity contribution is -0.120. The van der Waals surface area contributed by atoms with E-state index in [0.717, 1.165) is 11.3 Å². The summed E-state index contributed by atoms with van der Waals surface area (Å²) in [5.41, 5.74) is 0. The van der Waals surface area contributed by atoms with E-state index in [1.54, 1.807) is 6.07 Å². The Morgan fingerprint density at radius 1 is 1.56 bits per heavy atom. The Morgan fingerprint density at radius 3 is 2.75 bits per heavy atom. The molecule has 1 heterocycles. The van der Waals surface area contributed by atoms with Crippen LogP contribution in [0.3, 0.4) is 0 Å². The summed E-state index contributed by atoms with van der Waals surface area (Å²) in [4.78, 5) is 11.7. The van der Waals surface area contributed by atoms with Crippen molar-refractivity contribution in [3.05, 3.63) is 17.0 Å². The molecule has 0 saturated carbocycles. The molecule has 1 aromatic rings. The molecule has 1 amide bonds. The van der Waals surface area contributed by atoms with Crippen molar-refractivity contribution in [2.45, 2.75) is 17.2 Å². The lowest BCUT2D eigenvalue weighted by Gasteiger charge is -1.99. The van der Waals surface area contributed by atoms with E-state index in [-0.39, 0.29) is 23.1 Å². The summed E-state index contributed by atoms with van der Waals surface area (Å²) < 4.78 is 22.0. The molecule has 1 rings (SSSR count). The topological polar surface area (TPSA) is 89.3 Å². The largest absolute Gasteiger partial charge is 0.350 e.